The van der Waals surface area contributed by atoms with Gasteiger partial charge in [0.25, 0.3) is 0 Å². The summed E-state index contributed by atoms with van der Waals surface area (Å²) in [6.45, 7) is 1.61. The molecule has 1 saturated carbocycles. The lowest BCUT2D eigenvalue weighted by Crippen LogP contribution is -2.51. The summed E-state index contributed by atoms with van der Waals surface area (Å²) in [5.74, 6) is 0.300. The van der Waals surface area contributed by atoms with Crippen LogP contribution in [0.1, 0.15) is 50.5 Å². The molecule has 0 unspecified atom stereocenters. The zero-order valence-corrected chi connectivity index (χ0v) is 14.6. The van der Waals surface area contributed by atoms with Crippen molar-refractivity contribution in [1.29, 1.82) is 0 Å². The molecule has 4 heteroatoms. The maximum absolute atomic E-state index is 13.4. The average Bonchev–Trinajstić information content (AvgIpc) is 2.62. The van der Waals surface area contributed by atoms with Gasteiger partial charge < -0.3 is 9.64 Å². The molecule has 3 rings (SSSR count). The number of carbonyl (C=O) groups excluding carboxylic acids is 1. The Balaban J connectivity index is 1.85. The Morgan fingerprint density at radius 2 is 1.91 bits per heavy atom. The average molecular weight is 336 g/mol. The van der Waals surface area contributed by atoms with Crippen LogP contribution in [0, 0.1) is 0 Å². The molecule has 0 aromatic heterocycles. The van der Waals surface area contributed by atoms with E-state index in [0.29, 0.717) is 12.0 Å². The van der Waals surface area contributed by atoms with Crippen LogP contribution in [0.5, 0.6) is 0 Å². The summed E-state index contributed by atoms with van der Waals surface area (Å²) in [4.78, 5) is 15.5. The van der Waals surface area contributed by atoms with Gasteiger partial charge in [0, 0.05) is 25.2 Å². The number of hydrogen-bond donors (Lipinski definition) is 0. The van der Waals surface area contributed by atoms with Crippen molar-refractivity contribution in [3.8, 4) is 0 Å². The maximum atomic E-state index is 13.4. The molecule has 2 aliphatic rings. The van der Waals surface area contributed by atoms with Gasteiger partial charge in [0.2, 0.25) is 5.91 Å². The third kappa shape index (κ3) is 3.41. The number of carbonyl (C=O) groups is 1. The molecule has 1 aliphatic carbocycles. The van der Waals surface area contributed by atoms with Crippen molar-refractivity contribution >= 4 is 17.5 Å². The highest BCUT2D eigenvalue weighted by Gasteiger charge is 2.44. The van der Waals surface area contributed by atoms with Gasteiger partial charge in [0.1, 0.15) is 0 Å². The van der Waals surface area contributed by atoms with Gasteiger partial charge >= 0.3 is 0 Å². The number of piperidine rings is 1. The van der Waals surface area contributed by atoms with Crippen LogP contribution in [0.2, 0.25) is 5.02 Å². The second kappa shape index (κ2) is 7.23. The summed E-state index contributed by atoms with van der Waals surface area (Å²) in [5.41, 5.74) is 0.729. The van der Waals surface area contributed by atoms with Crippen LogP contribution in [0.25, 0.3) is 0 Å². The van der Waals surface area contributed by atoms with Gasteiger partial charge in [-0.15, -0.1) is 0 Å². The van der Waals surface area contributed by atoms with Gasteiger partial charge in [-0.25, -0.2) is 0 Å². The Morgan fingerprint density at radius 1 is 1.22 bits per heavy atom. The monoisotopic (exact) mass is 335 g/mol. The molecule has 1 amide bonds. The normalized spacial score (nSPS) is 22.1. The number of benzene rings is 1. The minimum absolute atomic E-state index is 0.299. The summed E-state index contributed by atoms with van der Waals surface area (Å²) >= 11 is 6.21. The molecule has 0 spiro atoms. The Morgan fingerprint density at radius 3 is 2.52 bits per heavy atom. The third-order valence-electron chi connectivity index (χ3n) is 5.56. The van der Waals surface area contributed by atoms with E-state index in [1.165, 1.54) is 6.42 Å². The molecule has 2 fully saturated rings. The number of halogens is 1. The van der Waals surface area contributed by atoms with Crippen LogP contribution >= 0.6 is 11.6 Å². The lowest BCUT2D eigenvalue weighted by Gasteiger charge is -2.42. The Labute approximate surface area is 144 Å². The SMILES string of the molecule is COC1CCN(C(=O)C2(c3cccc(Cl)c3)CCCCC2)CC1. The largest absolute Gasteiger partial charge is 0.381 e. The minimum Gasteiger partial charge on any atom is -0.381 e. The van der Waals surface area contributed by atoms with Gasteiger partial charge in [-0.1, -0.05) is 43.0 Å². The van der Waals surface area contributed by atoms with E-state index in [-0.39, 0.29) is 5.41 Å². The number of ether oxygens (including phenoxy) is 1. The number of rotatable bonds is 3. The third-order valence-corrected chi connectivity index (χ3v) is 5.79. The van der Waals surface area contributed by atoms with E-state index < -0.39 is 0 Å². The quantitative estimate of drug-likeness (QED) is 0.829. The van der Waals surface area contributed by atoms with Crippen LogP contribution in [-0.2, 0) is 14.9 Å². The summed E-state index contributed by atoms with van der Waals surface area (Å²) < 4.78 is 5.43. The van der Waals surface area contributed by atoms with Gasteiger partial charge in [-0.05, 0) is 43.4 Å². The Bertz CT molecular complexity index is 546. The van der Waals surface area contributed by atoms with Crippen molar-refractivity contribution in [2.45, 2.75) is 56.5 Å². The van der Waals surface area contributed by atoms with E-state index in [2.05, 4.69) is 11.0 Å². The molecule has 1 heterocycles. The first-order chi connectivity index (χ1) is 11.2. The van der Waals surface area contributed by atoms with Crippen molar-refractivity contribution < 1.29 is 9.53 Å². The summed E-state index contributed by atoms with van der Waals surface area (Å²) in [6, 6.07) is 7.93. The van der Waals surface area contributed by atoms with Gasteiger partial charge in [-0.3, -0.25) is 4.79 Å². The molecule has 1 aromatic rings. The van der Waals surface area contributed by atoms with Crippen molar-refractivity contribution in [2.24, 2.45) is 0 Å². The predicted octanol–water partition coefficient (Wildman–Crippen LogP) is 4.18. The second-order valence-corrected chi connectivity index (χ2v) is 7.32. The van der Waals surface area contributed by atoms with Crippen molar-refractivity contribution in [3.05, 3.63) is 34.9 Å². The van der Waals surface area contributed by atoms with E-state index in [0.717, 1.165) is 62.2 Å². The van der Waals surface area contributed by atoms with E-state index in [4.69, 9.17) is 16.3 Å². The second-order valence-electron chi connectivity index (χ2n) is 6.88. The minimum atomic E-state index is -0.372. The molecule has 1 saturated heterocycles. The molecule has 0 bridgehead atoms. The highest BCUT2D eigenvalue weighted by Crippen LogP contribution is 2.42. The highest BCUT2D eigenvalue weighted by molar-refractivity contribution is 6.30. The number of methoxy groups -OCH3 is 1. The fourth-order valence-electron chi connectivity index (χ4n) is 4.16. The van der Waals surface area contributed by atoms with Gasteiger partial charge in [0.05, 0.1) is 11.5 Å². The first-order valence-corrected chi connectivity index (χ1v) is 9.12. The molecule has 0 radical (unpaired) electrons. The zero-order valence-electron chi connectivity index (χ0n) is 13.9. The van der Waals surface area contributed by atoms with E-state index >= 15 is 0 Å². The van der Waals surface area contributed by atoms with Crippen LogP contribution in [0.15, 0.2) is 24.3 Å². The van der Waals surface area contributed by atoms with Crippen molar-refractivity contribution in [2.75, 3.05) is 20.2 Å². The van der Waals surface area contributed by atoms with Crippen molar-refractivity contribution in [1.82, 2.24) is 4.90 Å². The Kier molecular flexibility index (Phi) is 5.27. The van der Waals surface area contributed by atoms with Crippen molar-refractivity contribution in [3.63, 3.8) is 0 Å². The number of nitrogens with zero attached hydrogens (tertiary/aromatic N) is 1. The molecular weight excluding hydrogens is 310 g/mol. The summed E-state index contributed by atoms with van der Waals surface area (Å²) in [5, 5.41) is 0.721. The fourth-order valence-corrected chi connectivity index (χ4v) is 4.36. The number of hydrogen-bond acceptors (Lipinski definition) is 2. The molecule has 23 heavy (non-hydrogen) atoms. The molecule has 0 N–H and O–H groups in total. The first-order valence-electron chi connectivity index (χ1n) is 8.74. The molecule has 126 valence electrons. The Hall–Kier alpha value is -1.06. The molecule has 1 aromatic carbocycles. The summed E-state index contributed by atoms with van der Waals surface area (Å²) in [6.07, 6.45) is 7.52. The number of amides is 1. The highest BCUT2D eigenvalue weighted by atomic mass is 35.5. The number of likely N-dealkylation sites (tertiary alicyclic amines) is 1. The molecule has 0 atom stereocenters. The lowest BCUT2D eigenvalue weighted by atomic mass is 9.68. The van der Waals surface area contributed by atoms with E-state index in [1.54, 1.807) is 7.11 Å². The van der Waals surface area contributed by atoms with Crippen LogP contribution < -0.4 is 0 Å². The molecular formula is C19H26ClNO2. The van der Waals surface area contributed by atoms with Crippen LogP contribution in [0.3, 0.4) is 0 Å². The summed E-state index contributed by atoms with van der Waals surface area (Å²) in [7, 11) is 1.76. The topological polar surface area (TPSA) is 29.5 Å². The fraction of sp³-hybridized carbons (Fsp3) is 0.632. The van der Waals surface area contributed by atoms with Crippen LogP contribution in [-0.4, -0.2) is 37.1 Å². The standard InChI is InChI=1S/C19H26ClNO2/c1-23-17-8-12-21(13-9-17)18(22)19(10-3-2-4-11-19)15-6-5-7-16(20)14-15/h5-7,14,17H,2-4,8-13H2,1H3. The predicted molar refractivity (Wildman–Crippen MR) is 92.8 cm³/mol. The lowest BCUT2D eigenvalue weighted by molar-refractivity contribution is -0.141. The molecule has 3 nitrogen and oxygen atoms in total. The van der Waals surface area contributed by atoms with E-state index in [1.807, 2.05) is 18.2 Å². The zero-order chi connectivity index (χ0) is 16.3. The van der Waals surface area contributed by atoms with E-state index in [9.17, 15) is 4.79 Å². The first kappa shape index (κ1) is 16.8. The smallest absolute Gasteiger partial charge is 0.233 e. The molecule has 1 aliphatic heterocycles. The maximum Gasteiger partial charge on any atom is 0.233 e. The van der Waals surface area contributed by atoms with Crippen LogP contribution in [0.4, 0.5) is 0 Å². The van der Waals surface area contributed by atoms with Gasteiger partial charge in [-0.2, -0.15) is 0 Å². The van der Waals surface area contributed by atoms with Gasteiger partial charge in [0.15, 0.2) is 0 Å².